The van der Waals surface area contributed by atoms with Crippen molar-refractivity contribution in [3.8, 4) is 0 Å². The van der Waals surface area contributed by atoms with E-state index in [0.29, 0.717) is 0 Å². The maximum atomic E-state index is 3.99. The molecule has 0 saturated carbocycles. The highest BCUT2D eigenvalue weighted by Gasteiger charge is 2.16. The summed E-state index contributed by atoms with van der Waals surface area (Å²) in [4.78, 5) is 6.22. The lowest BCUT2D eigenvalue weighted by molar-refractivity contribution is 0.833. The maximum Gasteiger partial charge on any atom is 0.0955 e. The van der Waals surface area contributed by atoms with Crippen LogP contribution in [-0.2, 0) is 0 Å². The Kier molecular flexibility index (Phi) is 1.01. The first-order valence-corrected chi connectivity index (χ1v) is 2.53. The van der Waals surface area contributed by atoms with E-state index in [1.165, 1.54) is 18.9 Å². The molecule has 1 aliphatic rings. The fourth-order valence-corrected chi connectivity index (χ4v) is 0.515. The summed E-state index contributed by atoms with van der Waals surface area (Å²) in [5, 5.41) is 0. The van der Waals surface area contributed by atoms with Gasteiger partial charge in [-0.05, 0) is 6.92 Å². The average molecular weight is 98.1 g/mol. The summed E-state index contributed by atoms with van der Waals surface area (Å²) >= 11 is 0. The lowest BCUT2D eigenvalue weighted by Gasteiger charge is -1.94. The third-order valence-electron chi connectivity index (χ3n) is 1.23. The van der Waals surface area contributed by atoms with E-state index >= 15 is 0 Å². The molecule has 2 heteroatoms. The Morgan fingerprint density at radius 3 is 2.29 bits per heavy atom. The maximum absolute atomic E-state index is 3.99. The van der Waals surface area contributed by atoms with Gasteiger partial charge in [-0.25, -0.2) is 0 Å². The Hall–Kier alpha value is -0.530. The van der Waals surface area contributed by atoms with Gasteiger partial charge in [-0.15, -0.1) is 0 Å². The van der Waals surface area contributed by atoms with Crippen LogP contribution in [0.1, 0.15) is 6.92 Å². The van der Waals surface area contributed by atoms with E-state index in [1.807, 2.05) is 14.0 Å². The third-order valence-corrected chi connectivity index (χ3v) is 1.23. The second-order valence-corrected chi connectivity index (χ2v) is 1.76. The number of hydrogen-bond donors (Lipinski definition) is 0. The van der Waals surface area contributed by atoms with Crippen LogP contribution in [0.15, 0.2) is 4.99 Å². The molecule has 1 heterocycles. The van der Waals surface area contributed by atoms with E-state index in [-0.39, 0.29) is 0 Å². The molecule has 1 saturated heterocycles. The highest BCUT2D eigenvalue weighted by atomic mass is 15.3. The summed E-state index contributed by atoms with van der Waals surface area (Å²) in [5.74, 6) is 1.17. The van der Waals surface area contributed by atoms with Crippen molar-refractivity contribution in [2.24, 2.45) is 4.99 Å². The van der Waals surface area contributed by atoms with E-state index in [4.69, 9.17) is 0 Å². The third kappa shape index (κ3) is 0.918. The van der Waals surface area contributed by atoms with Crippen LogP contribution in [0.2, 0.25) is 0 Å². The predicted octanol–water partition coefficient (Wildman–Crippen LogP) is 0.350. The zero-order chi connectivity index (χ0) is 5.28. The molecule has 0 N–H and O–H groups in total. The second kappa shape index (κ2) is 1.52. The summed E-state index contributed by atoms with van der Waals surface area (Å²) in [7, 11) is 1.83. The van der Waals surface area contributed by atoms with E-state index in [2.05, 4.69) is 9.89 Å². The van der Waals surface area contributed by atoms with Crippen LogP contribution in [0.3, 0.4) is 0 Å². The SMILES string of the molecule is C/N=C(/C)N1CC1. The largest absolute Gasteiger partial charge is 0.357 e. The molecule has 0 amide bonds. The van der Waals surface area contributed by atoms with Crippen molar-refractivity contribution in [1.29, 1.82) is 0 Å². The molecular formula is C5H10N2. The van der Waals surface area contributed by atoms with E-state index < -0.39 is 0 Å². The van der Waals surface area contributed by atoms with Gasteiger partial charge in [0.1, 0.15) is 0 Å². The molecule has 2 nitrogen and oxygen atoms in total. The Morgan fingerprint density at radius 1 is 1.57 bits per heavy atom. The van der Waals surface area contributed by atoms with Crippen molar-refractivity contribution >= 4 is 5.84 Å². The zero-order valence-electron chi connectivity index (χ0n) is 4.81. The Bertz CT molecular complexity index is 92.3. The van der Waals surface area contributed by atoms with Gasteiger partial charge in [-0.2, -0.15) is 0 Å². The molecular weight excluding hydrogens is 88.1 g/mol. The first kappa shape index (κ1) is 4.62. The average Bonchev–Trinajstić information content (AvgIpc) is 2.44. The monoisotopic (exact) mass is 98.1 g/mol. The Morgan fingerprint density at radius 2 is 2.14 bits per heavy atom. The van der Waals surface area contributed by atoms with Crippen LogP contribution in [0.5, 0.6) is 0 Å². The van der Waals surface area contributed by atoms with Crippen molar-refractivity contribution in [3.05, 3.63) is 0 Å². The number of aliphatic imine (C=N–C) groups is 1. The van der Waals surface area contributed by atoms with E-state index in [0.717, 1.165) is 0 Å². The Labute approximate surface area is 43.8 Å². The molecule has 7 heavy (non-hydrogen) atoms. The quantitative estimate of drug-likeness (QED) is 0.242. The van der Waals surface area contributed by atoms with Gasteiger partial charge in [0.2, 0.25) is 0 Å². The first-order chi connectivity index (χ1) is 3.34. The molecule has 0 aromatic heterocycles. The van der Waals surface area contributed by atoms with Crippen LogP contribution in [0.4, 0.5) is 0 Å². The molecule has 0 aromatic rings. The Balaban J connectivity index is 2.37. The molecule has 1 fully saturated rings. The molecule has 0 aromatic carbocycles. The van der Waals surface area contributed by atoms with Crippen LogP contribution in [0.25, 0.3) is 0 Å². The summed E-state index contributed by atoms with van der Waals surface area (Å²) in [6.45, 7) is 4.46. The van der Waals surface area contributed by atoms with Crippen LogP contribution in [0, 0.1) is 0 Å². The van der Waals surface area contributed by atoms with Gasteiger partial charge in [0.05, 0.1) is 5.84 Å². The zero-order valence-corrected chi connectivity index (χ0v) is 4.81. The van der Waals surface area contributed by atoms with Crippen LogP contribution in [-0.4, -0.2) is 30.9 Å². The molecule has 1 rings (SSSR count). The van der Waals surface area contributed by atoms with Crippen molar-refractivity contribution in [3.63, 3.8) is 0 Å². The molecule has 0 bridgehead atoms. The fraction of sp³-hybridized carbons (Fsp3) is 0.800. The summed E-state index contributed by atoms with van der Waals surface area (Å²) < 4.78 is 0. The molecule has 1 aliphatic heterocycles. The highest BCUT2D eigenvalue weighted by molar-refractivity contribution is 5.81. The number of amidine groups is 1. The van der Waals surface area contributed by atoms with Gasteiger partial charge in [0.25, 0.3) is 0 Å². The lowest BCUT2D eigenvalue weighted by atomic mass is 10.7. The van der Waals surface area contributed by atoms with Crippen LogP contribution < -0.4 is 0 Å². The van der Waals surface area contributed by atoms with Gasteiger partial charge >= 0.3 is 0 Å². The van der Waals surface area contributed by atoms with E-state index in [9.17, 15) is 0 Å². The minimum absolute atomic E-state index is 1.17. The van der Waals surface area contributed by atoms with Crippen molar-refractivity contribution in [1.82, 2.24) is 4.90 Å². The first-order valence-electron chi connectivity index (χ1n) is 2.53. The van der Waals surface area contributed by atoms with E-state index in [1.54, 1.807) is 0 Å². The van der Waals surface area contributed by atoms with Gasteiger partial charge in [0, 0.05) is 20.1 Å². The second-order valence-electron chi connectivity index (χ2n) is 1.76. The minimum atomic E-state index is 1.17. The summed E-state index contributed by atoms with van der Waals surface area (Å²) in [5.41, 5.74) is 0. The molecule has 0 atom stereocenters. The van der Waals surface area contributed by atoms with Gasteiger partial charge in [0.15, 0.2) is 0 Å². The minimum Gasteiger partial charge on any atom is -0.357 e. The standard InChI is InChI=1S/C5H10N2/c1-5(6-2)7-3-4-7/h3-4H2,1-2H3/b6-5-. The lowest BCUT2D eigenvalue weighted by Crippen LogP contribution is -2.03. The normalized spacial score (nSPS) is 20.3. The number of rotatable bonds is 0. The van der Waals surface area contributed by atoms with Crippen molar-refractivity contribution < 1.29 is 0 Å². The fourth-order valence-electron chi connectivity index (χ4n) is 0.515. The number of hydrogen-bond acceptors (Lipinski definition) is 1. The van der Waals surface area contributed by atoms with Crippen molar-refractivity contribution in [2.45, 2.75) is 6.92 Å². The molecule has 0 spiro atoms. The topological polar surface area (TPSA) is 15.4 Å². The van der Waals surface area contributed by atoms with Gasteiger partial charge < -0.3 is 4.90 Å². The van der Waals surface area contributed by atoms with Gasteiger partial charge in [-0.1, -0.05) is 0 Å². The molecule has 0 unspecified atom stereocenters. The van der Waals surface area contributed by atoms with Crippen molar-refractivity contribution in [2.75, 3.05) is 20.1 Å². The predicted molar refractivity (Wildman–Crippen MR) is 30.6 cm³/mol. The van der Waals surface area contributed by atoms with Gasteiger partial charge in [-0.3, -0.25) is 4.99 Å². The molecule has 40 valence electrons. The summed E-state index contributed by atoms with van der Waals surface area (Å²) in [6, 6.07) is 0. The highest BCUT2D eigenvalue weighted by Crippen LogP contribution is 2.02. The summed E-state index contributed by atoms with van der Waals surface area (Å²) in [6.07, 6.45) is 0. The smallest absolute Gasteiger partial charge is 0.0955 e. The number of nitrogens with zero attached hydrogens (tertiary/aromatic N) is 2. The molecule has 0 aliphatic carbocycles. The molecule has 0 radical (unpaired) electrons. The van der Waals surface area contributed by atoms with Crippen LogP contribution >= 0.6 is 0 Å².